The molecule has 2 heterocycles. The van der Waals surface area contributed by atoms with Gasteiger partial charge in [-0.2, -0.15) is 5.10 Å². The topological polar surface area (TPSA) is 55.9 Å². The van der Waals surface area contributed by atoms with E-state index in [0.29, 0.717) is 6.04 Å². The molecule has 3 N–H and O–H groups in total. The van der Waals surface area contributed by atoms with Crippen molar-refractivity contribution in [1.29, 1.82) is 0 Å². The molecule has 0 aliphatic rings. The summed E-state index contributed by atoms with van der Waals surface area (Å²) in [5.41, 5.74) is 5.25. The minimum Gasteiger partial charge on any atom is -0.271 e. The zero-order valence-corrected chi connectivity index (χ0v) is 11.9. The average Bonchev–Trinajstić information content (AvgIpc) is 2.95. The van der Waals surface area contributed by atoms with E-state index < -0.39 is 0 Å². The van der Waals surface area contributed by atoms with Crippen LogP contribution in [0.2, 0.25) is 0 Å². The Morgan fingerprint density at radius 1 is 1.44 bits per heavy atom. The van der Waals surface area contributed by atoms with Gasteiger partial charge < -0.3 is 0 Å². The molecule has 2 aromatic heterocycles. The Hall–Kier alpha value is -1.17. The number of rotatable bonds is 5. The first-order valence-electron chi connectivity index (χ1n) is 6.16. The number of hydrazine groups is 1. The Balaban J connectivity index is 2.13. The summed E-state index contributed by atoms with van der Waals surface area (Å²) in [5, 5.41) is 6.66. The van der Waals surface area contributed by atoms with Crippen molar-refractivity contribution < 1.29 is 0 Å². The van der Waals surface area contributed by atoms with Crippen LogP contribution < -0.4 is 11.3 Å². The molecule has 0 spiro atoms. The van der Waals surface area contributed by atoms with Crippen LogP contribution in [0.4, 0.5) is 0 Å². The highest BCUT2D eigenvalue weighted by Crippen LogP contribution is 2.25. The van der Waals surface area contributed by atoms with Gasteiger partial charge in [0.1, 0.15) is 0 Å². The summed E-state index contributed by atoms with van der Waals surface area (Å²) < 4.78 is 1.98. The van der Waals surface area contributed by atoms with Crippen molar-refractivity contribution in [2.24, 2.45) is 5.84 Å². The fraction of sp³-hybridized carbons (Fsp3) is 0.462. The molecule has 0 aliphatic heterocycles. The standard InChI is InChI=1S/C13H20N4S/c1-9(2)17-6-4-11(16-17)8-12(15-14)13-10(3)5-7-18-13/h4-7,9,12,15H,8,14H2,1-3H3. The van der Waals surface area contributed by atoms with Crippen molar-refractivity contribution in [2.45, 2.75) is 39.3 Å². The summed E-state index contributed by atoms with van der Waals surface area (Å²) in [6.07, 6.45) is 2.84. The normalized spacial score (nSPS) is 13.2. The van der Waals surface area contributed by atoms with E-state index in [2.05, 4.69) is 48.8 Å². The highest BCUT2D eigenvalue weighted by molar-refractivity contribution is 7.10. The summed E-state index contributed by atoms with van der Waals surface area (Å²) in [5.74, 6) is 5.67. The summed E-state index contributed by atoms with van der Waals surface area (Å²) in [7, 11) is 0. The van der Waals surface area contributed by atoms with Crippen LogP contribution in [0.1, 0.15) is 42.1 Å². The Labute approximate surface area is 112 Å². The molecule has 0 saturated carbocycles. The first kappa shape index (κ1) is 13.3. The van der Waals surface area contributed by atoms with Crippen molar-refractivity contribution in [1.82, 2.24) is 15.2 Å². The number of aromatic nitrogens is 2. The van der Waals surface area contributed by atoms with Gasteiger partial charge in [-0.25, -0.2) is 0 Å². The van der Waals surface area contributed by atoms with Gasteiger partial charge >= 0.3 is 0 Å². The summed E-state index contributed by atoms with van der Waals surface area (Å²) in [4.78, 5) is 1.29. The highest BCUT2D eigenvalue weighted by atomic mass is 32.1. The molecule has 18 heavy (non-hydrogen) atoms. The van der Waals surface area contributed by atoms with Crippen LogP contribution in [-0.2, 0) is 6.42 Å². The molecule has 2 rings (SSSR count). The van der Waals surface area contributed by atoms with Gasteiger partial charge in [0, 0.05) is 23.5 Å². The third kappa shape index (κ3) is 2.80. The molecule has 0 saturated heterocycles. The molecule has 0 radical (unpaired) electrons. The largest absolute Gasteiger partial charge is 0.271 e. The SMILES string of the molecule is Cc1ccsc1C(Cc1ccn(C(C)C)n1)NN. The molecule has 2 aromatic rings. The van der Waals surface area contributed by atoms with Gasteiger partial charge in [-0.1, -0.05) is 0 Å². The predicted octanol–water partition coefficient (Wildman–Crippen LogP) is 2.58. The summed E-state index contributed by atoms with van der Waals surface area (Å²) >= 11 is 1.74. The molecule has 1 unspecified atom stereocenters. The molecule has 0 aromatic carbocycles. The van der Waals surface area contributed by atoms with Crippen LogP contribution in [0.5, 0.6) is 0 Å². The first-order chi connectivity index (χ1) is 8.61. The second-order valence-electron chi connectivity index (χ2n) is 4.77. The molecular formula is C13H20N4S. The van der Waals surface area contributed by atoms with E-state index in [1.54, 1.807) is 11.3 Å². The molecule has 1 atom stereocenters. The second-order valence-corrected chi connectivity index (χ2v) is 5.72. The molecule has 0 bridgehead atoms. The number of thiophene rings is 1. The zero-order valence-electron chi connectivity index (χ0n) is 11.1. The predicted molar refractivity (Wildman–Crippen MR) is 75.4 cm³/mol. The summed E-state index contributed by atoms with van der Waals surface area (Å²) in [6, 6.07) is 4.72. The minimum absolute atomic E-state index is 0.139. The van der Waals surface area contributed by atoms with Gasteiger partial charge in [0.15, 0.2) is 0 Å². The number of aryl methyl sites for hydroxylation is 1. The van der Waals surface area contributed by atoms with Crippen molar-refractivity contribution >= 4 is 11.3 Å². The molecule has 0 amide bonds. The smallest absolute Gasteiger partial charge is 0.0644 e. The fourth-order valence-electron chi connectivity index (χ4n) is 1.95. The number of hydrogen-bond acceptors (Lipinski definition) is 4. The van der Waals surface area contributed by atoms with E-state index in [4.69, 9.17) is 5.84 Å². The lowest BCUT2D eigenvalue weighted by Gasteiger charge is -2.14. The van der Waals surface area contributed by atoms with Crippen LogP contribution in [0.25, 0.3) is 0 Å². The Morgan fingerprint density at radius 2 is 2.22 bits per heavy atom. The lowest BCUT2D eigenvalue weighted by Crippen LogP contribution is -2.29. The van der Waals surface area contributed by atoms with E-state index in [9.17, 15) is 0 Å². The monoisotopic (exact) mass is 264 g/mol. The summed E-state index contributed by atoms with van der Waals surface area (Å²) in [6.45, 7) is 6.36. The molecule has 4 nitrogen and oxygen atoms in total. The minimum atomic E-state index is 0.139. The maximum atomic E-state index is 5.67. The van der Waals surface area contributed by atoms with Crippen molar-refractivity contribution in [3.63, 3.8) is 0 Å². The van der Waals surface area contributed by atoms with E-state index >= 15 is 0 Å². The van der Waals surface area contributed by atoms with Gasteiger partial charge in [-0.3, -0.25) is 16.0 Å². The number of nitrogens with one attached hydrogen (secondary N) is 1. The zero-order chi connectivity index (χ0) is 13.1. The molecule has 0 aliphatic carbocycles. The van der Waals surface area contributed by atoms with Crippen LogP contribution in [0, 0.1) is 6.92 Å². The maximum absolute atomic E-state index is 5.67. The third-order valence-corrected chi connectivity index (χ3v) is 4.16. The first-order valence-corrected chi connectivity index (χ1v) is 7.04. The van der Waals surface area contributed by atoms with E-state index in [1.165, 1.54) is 10.4 Å². The van der Waals surface area contributed by atoms with Crippen LogP contribution in [0.3, 0.4) is 0 Å². The number of nitrogens with two attached hydrogens (primary N) is 1. The molecule has 5 heteroatoms. The Kier molecular flexibility index (Phi) is 4.16. The van der Waals surface area contributed by atoms with E-state index in [0.717, 1.165) is 12.1 Å². The number of nitrogens with zero attached hydrogens (tertiary/aromatic N) is 2. The fourth-order valence-corrected chi connectivity index (χ4v) is 2.94. The van der Waals surface area contributed by atoms with Gasteiger partial charge in [0.05, 0.1) is 11.7 Å². The van der Waals surface area contributed by atoms with Crippen LogP contribution in [0.15, 0.2) is 23.7 Å². The van der Waals surface area contributed by atoms with Gasteiger partial charge in [-0.05, 0) is 43.8 Å². The van der Waals surface area contributed by atoms with Crippen molar-refractivity contribution in [3.05, 3.63) is 39.8 Å². The van der Waals surface area contributed by atoms with E-state index in [1.807, 2.05) is 10.9 Å². The van der Waals surface area contributed by atoms with Crippen LogP contribution >= 0.6 is 11.3 Å². The second kappa shape index (κ2) is 5.65. The molecular weight excluding hydrogens is 244 g/mol. The third-order valence-electron chi connectivity index (χ3n) is 3.03. The maximum Gasteiger partial charge on any atom is 0.0644 e. The Bertz CT molecular complexity index is 501. The highest BCUT2D eigenvalue weighted by Gasteiger charge is 2.16. The van der Waals surface area contributed by atoms with E-state index in [-0.39, 0.29) is 6.04 Å². The average molecular weight is 264 g/mol. The van der Waals surface area contributed by atoms with Gasteiger partial charge in [0.25, 0.3) is 0 Å². The molecule has 0 fully saturated rings. The lowest BCUT2D eigenvalue weighted by molar-refractivity contribution is 0.509. The van der Waals surface area contributed by atoms with Crippen molar-refractivity contribution in [3.8, 4) is 0 Å². The Morgan fingerprint density at radius 3 is 2.72 bits per heavy atom. The van der Waals surface area contributed by atoms with Gasteiger partial charge in [0.2, 0.25) is 0 Å². The van der Waals surface area contributed by atoms with Crippen molar-refractivity contribution in [2.75, 3.05) is 0 Å². The van der Waals surface area contributed by atoms with Gasteiger partial charge in [-0.15, -0.1) is 11.3 Å². The van der Waals surface area contributed by atoms with Crippen LogP contribution in [-0.4, -0.2) is 9.78 Å². The quantitative estimate of drug-likeness (QED) is 0.644. The number of hydrogen-bond donors (Lipinski definition) is 2. The lowest BCUT2D eigenvalue weighted by atomic mass is 10.1. The molecule has 98 valence electrons.